The quantitative estimate of drug-likeness (QED) is 0.485. The van der Waals surface area contributed by atoms with Gasteiger partial charge in [0.25, 0.3) is 5.91 Å². The maximum Gasteiger partial charge on any atom is 0.270 e. The summed E-state index contributed by atoms with van der Waals surface area (Å²) in [4.78, 5) is 18.8. The third kappa shape index (κ3) is 3.29. The fourth-order valence-electron chi connectivity index (χ4n) is 2.47. The Bertz CT molecular complexity index is 1020. The van der Waals surface area contributed by atoms with Crippen molar-refractivity contribution in [3.05, 3.63) is 76.7 Å². The summed E-state index contributed by atoms with van der Waals surface area (Å²) in [6, 6.07) is 10.9. The highest BCUT2D eigenvalue weighted by molar-refractivity contribution is 8.27. The molecule has 5 nitrogen and oxygen atoms in total. The molecule has 0 atom stereocenters. The summed E-state index contributed by atoms with van der Waals surface area (Å²) in [7, 11) is 0. The summed E-state index contributed by atoms with van der Waals surface area (Å²) in [5, 5.41) is 5.00. The summed E-state index contributed by atoms with van der Waals surface area (Å²) >= 11 is 12.5. The molecule has 1 aromatic carbocycles. The van der Waals surface area contributed by atoms with Gasteiger partial charge in [-0.05, 0) is 42.5 Å². The van der Waals surface area contributed by atoms with E-state index < -0.39 is 0 Å². The first-order valence-electron chi connectivity index (χ1n) is 7.60. The Kier molecular flexibility index (Phi) is 4.58. The van der Waals surface area contributed by atoms with Gasteiger partial charge < -0.3 is 0 Å². The third-order valence-electron chi connectivity index (χ3n) is 3.69. The second-order valence-electron chi connectivity index (χ2n) is 5.42. The SMILES string of the molecule is O=C1/C(=C/c2cnn(-c3ccc(Cl)cc3)c2)SC(=S)N1c1cccnc1. The molecular weight excluding hydrogens is 388 g/mol. The zero-order valence-electron chi connectivity index (χ0n) is 13.2. The number of pyridine rings is 1. The Morgan fingerprint density at radius 1 is 1.12 bits per heavy atom. The first kappa shape index (κ1) is 17.0. The van der Waals surface area contributed by atoms with E-state index in [0.717, 1.165) is 11.3 Å². The Morgan fingerprint density at radius 3 is 2.65 bits per heavy atom. The molecule has 26 heavy (non-hydrogen) atoms. The van der Waals surface area contributed by atoms with E-state index in [1.54, 1.807) is 53.6 Å². The average Bonchev–Trinajstić information content (AvgIpc) is 3.21. The number of aromatic nitrogens is 3. The highest BCUT2D eigenvalue weighted by Gasteiger charge is 2.33. The monoisotopic (exact) mass is 398 g/mol. The van der Waals surface area contributed by atoms with Crippen LogP contribution in [0, 0.1) is 0 Å². The van der Waals surface area contributed by atoms with Crippen LogP contribution in [0.1, 0.15) is 5.56 Å². The summed E-state index contributed by atoms with van der Waals surface area (Å²) in [6.45, 7) is 0. The van der Waals surface area contributed by atoms with Crippen LogP contribution in [0.3, 0.4) is 0 Å². The molecule has 0 aliphatic carbocycles. The van der Waals surface area contributed by atoms with Gasteiger partial charge in [-0.3, -0.25) is 14.7 Å². The number of halogens is 1. The lowest BCUT2D eigenvalue weighted by molar-refractivity contribution is -0.113. The highest BCUT2D eigenvalue weighted by Crippen LogP contribution is 2.35. The van der Waals surface area contributed by atoms with Gasteiger partial charge >= 0.3 is 0 Å². The van der Waals surface area contributed by atoms with E-state index in [4.69, 9.17) is 23.8 Å². The van der Waals surface area contributed by atoms with Crippen molar-refractivity contribution in [1.29, 1.82) is 0 Å². The average molecular weight is 399 g/mol. The van der Waals surface area contributed by atoms with Crippen LogP contribution >= 0.6 is 35.6 Å². The number of thioether (sulfide) groups is 1. The molecule has 0 saturated carbocycles. The number of hydrogen-bond donors (Lipinski definition) is 0. The number of rotatable bonds is 3. The van der Waals surface area contributed by atoms with E-state index in [9.17, 15) is 4.79 Å². The fourth-order valence-corrected chi connectivity index (χ4v) is 3.90. The summed E-state index contributed by atoms with van der Waals surface area (Å²) in [6.07, 6.45) is 8.61. The molecule has 0 unspecified atom stereocenters. The van der Waals surface area contributed by atoms with Gasteiger partial charge in [-0.2, -0.15) is 5.10 Å². The molecule has 0 radical (unpaired) electrons. The topological polar surface area (TPSA) is 51.0 Å². The summed E-state index contributed by atoms with van der Waals surface area (Å²) < 4.78 is 2.21. The minimum atomic E-state index is -0.160. The number of anilines is 1. The lowest BCUT2D eigenvalue weighted by Gasteiger charge is -2.13. The molecule has 2 aromatic heterocycles. The van der Waals surface area contributed by atoms with Gasteiger partial charge in [-0.15, -0.1) is 0 Å². The van der Waals surface area contributed by atoms with E-state index in [1.807, 2.05) is 18.3 Å². The van der Waals surface area contributed by atoms with E-state index in [1.165, 1.54) is 16.7 Å². The summed E-state index contributed by atoms with van der Waals surface area (Å²) in [5.41, 5.74) is 2.36. The minimum Gasteiger partial charge on any atom is -0.268 e. The first-order chi connectivity index (χ1) is 12.6. The third-order valence-corrected chi connectivity index (χ3v) is 5.24. The van der Waals surface area contributed by atoms with Crippen LogP contribution in [-0.4, -0.2) is 25.0 Å². The van der Waals surface area contributed by atoms with Crippen molar-refractivity contribution in [3.8, 4) is 5.69 Å². The molecule has 1 aliphatic rings. The number of carbonyl (C=O) groups is 1. The van der Waals surface area contributed by atoms with Crippen molar-refractivity contribution < 1.29 is 4.79 Å². The molecule has 1 fully saturated rings. The fraction of sp³-hybridized carbons (Fsp3) is 0. The molecule has 4 rings (SSSR count). The van der Waals surface area contributed by atoms with Crippen LogP contribution in [0.25, 0.3) is 11.8 Å². The Labute approximate surface area is 164 Å². The smallest absolute Gasteiger partial charge is 0.268 e. The zero-order chi connectivity index (χ0) is 18.1. The molecule has 1 amide bonds. The van der Waals surface area contributed by atoms with Gasteiger partial charge in [0.2, 0.25) is 0 Å². The molecule has 3 aromatic rings. The normalized spacial score (nSPS) is 15.9. The molecule has 0 spiro atoms. The molecule has 0 bridgehead atoms. The number of carbonyl (C=O) groups excluding carboxylic acids is 1. The predicted octanol–water partition coefficient (Wildman–Crippen LogP) is 4.33. The number of hydrogen-bond acceptors (Lipinski definition) is 5. The second-order valence-corrected chi connectivity index (χ2v) is 7.54. The van der Waals surface area contributed by atoms with Crippen molar-refractivity contribution in [2.75, 3.05) is 4.90 Å². The van der Waals surface area contributed by atoms with Crippen molar-refractivity contribution in [3.63, 3.8) is 0 Å². The minimum absolute atomic E-state index is 0.160. The first-order valence-corrected chi connectivity index (χ1v) is 9.21. The largest absolute Gasteiger partial charge is 0.270 e. The Morgan fingerprint density at radius 2 is 1.92 bits per heavy atom. The van der Waals surface area contributed by atoms with E-state index in [2.05, 4.69) is 10.1 Å². The van der Waals surface area contributed by atoms with Gasteiger partial charge in [0.15, 0.2) is 4.32 Å². The van der Waals surface area contributed by atoms with Crippen LogP contribution < -0.4 is 4.90 Å². The van der Waals surface area contributed by atoms with E-state index in [0.29, 0.717) is 19.9 Å². The molecule has 0 N–H and O–H groups in total. The zero-order valence-corrected chi connectivity index (χ0v) is 15.6. The molecule has 128 valence electrons. The van der Waals surface area contributed by atoms with Crippen molar-refractivity contribution >= 4 is 57.6 Å². The number of nitrogens with zero attached hydrogens (tertiary/aromatic N) is 4. The van der Waals surface area contributed by atoms with Crippen LogP contribution in [0.15, 0.2) is 66.1 Å². The number of amides is 1. The van der Waals surface area contributed by atoms with E-state index in [-0.39, 0.29) is 5.91 Å². The van der Waals surface area contributed by atoms with Gasteiger partial charge in [-0.25, -0.2) is 4.68 Å². The standard InChI is InChI=1S/C18H11ClN4OS2/c19-13-3-5-14(6-4-13)22-11-12(9-21-22)8-16-17(24)23(18(25)26-16)15-2-1-7-20-10-15/h1-11H/b16-8-. The van der Waals surface area contributed by atoms with Gasteiger partial charge in [0.05, 0.1) is 28.7 Å². The Balaban J connectivity index is 1.60. The van der Waals surface area contributed by atoms with Gasteiger partial charge in [0, 0.05) is 23.0 Å². The predicted molar refractivity (Wildman–Crippen MR) is 108 cm³/mol. The molecule has 3 heterocycles. The second kappa shape index (κ2) is 7.03. The van der Waals surface area contributed by atoms with Crippen LogP contribution in [0.4, 0.5) is 5.69 Å². The van der Waals surface area contributed by atoms with Crippen LogP contribution in [0.2, 0.25) is 5.02 Å². The van der Waals surface area contributed by atoms with Crippen molar-refractivity contribution in [2.24, 2.45) is 0 Å². The maximum atomic E-state index is 12.7. The lowest BCUT2D eigenvalue weighted by Crippen LogP contribution is -2.27. The Hall–Kier alpha value is -2.48. The van der Waals surface area contributed by atoms with Crippen molar-refractivity contribution in [2.45, 2.75) is 0 Å². The van der Waals surface area contributed by atoms with Crippen LogP contribution in [-0.2, 0) is 4.79 Å². The van der Waals surface area contributed by atoms with Crippen molar-refractivity contribution in [1.82, 2.24) is 14.8 Å². The molecular formula is C18H11ClN4OS2. The molecule has 1 saturated heterocycles. The highest BCUT2D eigenvalue weighted by atomic mass is 35.5. The van der Waals surface area contributed by atoms with Gasteiger partial charge in [-0.1, -0.05) is 35.6 Å². The number of thiocarbonyl (C=S) groups is 1. The van der Waals surface area contributed by atoms with E-state index >= 15 is 0 Å². The van der Waals surface area contributed by atoms with Gasteiger partial charge in [0.1, 0.15) is 0 Å². The molecule has 1 aliphatic heterocycles. The van der Waals surface area contributed by atoms with Crippen LogP contribution in [0.5, 0.6) is 0 Å². The maximum absolute atomic E-state index is 12.7. The summed E-state index contributed by atoms with van der Waals surface area (Å²) in [5.74, 6) is -0.160. The number of benzene rings is 1. The molecule has 8 heteroatoms. The lowest BCUT2D eigenvalue weighted by atomic mass is 10.3.